The van der Waals surface area contributed by atoms with Crippen molar-refractivity contribution in [3.05, 3.63) is 35.9 Å². The molecule has 5 fully saturated rings. The standard InChI is InChI=1S/C22H31BO2S/c1-19(2)20(3,4)25-23(24-19)22-14-21(15-22,17-8-6-5-7-9-17)18(22)16-10-12-26-13-11-16/h5-9,16,18H,10-15H2,1-4H3. The second kappa shape index (κ2) is 5.55. The van der Waals surface area contributed by atoms with Crippen LogP contribution in [0.3, 0.4) is 0 Å². The van der Waals surface area contributed by atoms with Gasteiger partial charge in [0.25, 0.3) is 0 Å². The molecule has 2 nitrogen and oxygen atoms in total. The topological polar surface area (TPSA) is 18.5 Å². The molecular formula is C22H31BO2S. The summed E-state index contributed by atoms with van der Waals surface area (Å²) in [5, 5.41) is 0.244. The molecule has 2 bridgehead atoms. The van der Waals surface area contributed by atoms with Gasteiger partial charge in [0, 0.05) is 5.31 Å². The lowest BCUT2D eigenvalue weighted by Crippen LogP contribution is -2.75. The van der Waals surface area contributed by atoms with E-state index in [2.05, 4.69) is 69.8 Å². The van der Waals surface area contributed by atoms with Gasteiger partial charge in [-0.05, 0) is 87.7 Å². The summed E-state index contributed by atoms with van der Waals surface area (Å²) in [5.41, 5.74) is 1.50. The van der Waals surface area contributed by atoms with E-state index in [4.69, 9.17) is 9.31 Å². The first-order chi connectivity index (χ1) is 12.3. The van der Waals surface area contributed by atoms with E-state index in [0.29, 0.717) is 5.41 Å². The Morgan fingerprint density at radius 3 is 2.08 bits per heavy atom. The highest BCUT2D eigenvalue weighted by Gasteiger charge is 2.83. The number of hydrogen-bond donors (Lipinski definition) is 0. The molecular weight excluding hydrogens is 339 g/mol. The minimum Gasteiger partial charge on any atom is -0.403 e. The van der Waals surface area contributed by atoms with E-state index in [1.165, 1.54) is 37.2 Å². The van der Waals surface area contributed by atoms with Gasteiger partial charge in [0.05, 0.1) is 11.2 Å². The van der Waals surface area contributed by atoms with Crippen LogP contribution in [0.25, 0.3) is 0 Å². The minimum absolute atomic E-state index is 0.0299. The number of thioether (sulfide) groups is 1. The smallest absolute Gasteiger partial charge is 0.403 e. The Bertz CT molecular complexity index is 673. The summed E-state index contributed by atoms with van der Waals surface area (Å²) >= 11 is 2.13. The van der Waals surface area contributed by atoms with Crippen molar-refractivity contribution >= 4 is 18.9 Å². The van der Waals surface area contributed by atoms with Gasteiger partial charge >= 0.3 is 7.12 Å². The molecule has 4 heteroatoms. The van der Waals surface area contributed by atoms with E-state index in [1.807, 2.05) is 0 Å². The summed E-state index contributed by atoms with van der Waals surface area (Å²) in [6.45, 7) is 8.77. The molecule has 5 aliphatic rings. The largest absolute Gasteiger partial charge is 0.464 e. The Balaban J connectivity index is 1.47. The molecule has 1 aromatic rings. The SMILES string of the molecule is CC1(C)OB(C23CC(c4ccccc4)(C2)C3C2CCSCC2)OC1(C)C. The van der Waals surface area contributed by atoms with Crippen LogP contribution in [0.4, 0.5) is 0 Å². The predicted molar refractivity (Wildman–Crippen MR) is 110 cm³/mol. The Labute approximate surface area is 162 Å². The highest BCUT2D eigenvalue weighted by Crippen LogP contribution is 2.86. The summed E-state index contributed by atoms with van der Waals surface area (Å²) in [5.74, 6) is 4.21. The Kier molecular flexibility index (Phi) is 3.76. The summed E-state index contributed by atoms with van der Waals surface area (Å²) in [6, 6.07) is 11.3. The van der Waals surface area contributed by atoms with E-state index in [1.54, 1.807) is 5.56 Å². The lowest BCUT2D eigenvalue weighted by molar-refractivity contribution is -0.155. The maximum absolute atomic E-state index is 6.58. The molecule has 2 saturated heterocycles. The Morgan fingerprint density at radius 2 is 1.50 bits per heavy atom. The number of benzene rings is 1. The zero-order chi connectivity index (χ0) is 18.2. The zero-order valence-corrected chi connectivity index (χ0v) is 17.4. The first-order valence-electron chi connectivity index (χ1n) is 10.3. The number of rotatable bonds is 3. The molecule has 0 N–H and O–H groups in total. The Hall–Kier alpha value is -0.445. The van der Waals surface area contributed by atoms with Gasteiger partial charge in [0.1, 0.15) is 0 Å². The van der Waals surface area contributed by atoms with E-state index >= 15 is 0 Å². The average Bonchev–Trinajstić information content (AvgIpc) is 2.75. The second-order valence-corrected chi connectivity index (χ2v) is 11.3. The van der Waals surface area contributed by atoms with Crippen LogP contribution >= 0.6 is 11.8 Å². The molecule has 26 heavy (non-hydrogen) atoms. The third-order valence-corrected chi connectivity index (χ3v) is 9.36. The van der Waals surface area contributed by atoms with Crippen molar-refractivity contribution in [3.63, 3.8) is 0 Å². The van der Waals surface area contributed by atoms with E-state index in [9.17, 15) is 0 Å². The highest BCUT2D eigenvalue weighted by atomic mass is 32.2. The molecule has 1 unspecified atom stereocenters. The van der Waals surface area contributed by atoms with Crippen LogP contribution in [-0.4, -0.2) is 29.8 Å². The molecule has 0 radical (unpaired) electrons. The van der Waals surface area contributed by atoms with Gasteiger partial charge in [-0.25, -0.2) is 0 Å². The quantitative estimate of drug-likeness (QED) is 0.671. The second-order valence-electron chi connectivity index (χ2n) is 10.1. The molecule has 0 spiro atoms. The van der Waals surface area contributed by atoms with Crippen molar-refractivity contribution in [3.8, 4) is 0 Å². The maximum atomic E-state index is 6.58. The van der Waals surface area contributed by atoms with Gasteiger partial charge in [-0.2, -0.15) is 11.8 Å². The van der Waals surface area contributed by atoms with Crippen LogP contribution < -0.4 is 0 Å². The molecule has 3 saturated carbocycles. The fourth-order valence-electron chi connectivity index (χ4n) is 6.37. The van der Waals surface area contributed by atoms with E-state index < -0.39 is 0 Å². The van der Waals surface area contributed by atoms with Crippen LogP contribution in [0.1, 0.15) is 58.9 Å². The van der Waals surface area contributed by atoms with Crippen LogP contribution in [0, 0.1) is 11.8 Å². The lowest BCUT2D eigenvalue weighted by Gasteiger charge is -2.79. The number of hydrogen-bond acceptors (Lipinski definition) is 3. The normalized spacial score (nSPS) is 40.8. The molecule has 2 heterocycles. The third-order valence-electron chi connectivity index (χ3n) is 8.31. The van der Waals surface area contributed by atoms with Crippen molar-refractivity contribution in [1.82, 2.24) is 0 Å². The lowest BCUT2D eigenvalue weighted by atomic mass is 9.16. The van der Waals surface area contributed by atoms with Gasteiger partial charge < -0.3 is 9.31 Å². The molecule has 3 aliphatic carbocycles. The van der Waals surface area contributed by atoms with Crippen LogP contribution in [-0.2, 0) is 14.7 Å². The van der Waals surface area contributed by atoms with Crippen molar-refractivity contribution in [2.75, 3.05) is 11.5 Å². The fraction of sp³-hybridized carbons (Fsp3) is 0.727. The van der Waals surface area contributed by atoms with Gasteiger partial charge in [0.15, 0.2) is 0 Å². The first-order valence-corrected chi connectivity index (χ1v) is 11.5. The minimum atomic E-state index is -0.222. The molecule has 0 amide bonds. The van der Waals surface area contributed by atoms with Gasteiger partial charge in [0.2, 0.25) is 0 Å². The van der Waals surface area contributed by atoms with Crippen LogP contribution in [0.2, 0.25) is 5.31 Å². The van der Waals surface area contributed by atoms with E-state index in [-0.39, 0.29) is 23.6 Å². The molecule has 0 aromatic heterocycles. The highest BCUT2D eigenvalue weighted by molar-refractivity contribution is 7.99. The summed E-state index contributed by atoms with van der Waals surface area (Å²) in [6.07, 6.45) is 5.22. The Morgan fingerprint density at radius 1 is 0.923 bits per heavy atom. The third kappa shape index (κ3) is 2.16. The van der Waals surface area contributed by atoms with Crippen molar-refractivity contribution in [1.29, 1.82) is 0 Å². The van der Waals surface area contributed by atoms with E-state index in [0.717, 1.165) is 11.8 Å². The molecule has 1 aromatic carbocycles. The summed E-state index contributed by atoms with van der Waals surface area (Å²) in [7, 11) is -0.0299. The molecule has 1 atom stereocenters. The summed E-state index contributed by atoms with van der Waals surface area (Å²) < 4.78 is 13.2. The molecule has 6 rings (SSSR count). The molecule has 2 aliphatic heterocycles. The first kappa shape index (κ1) is 17.6. The maximum Gasteiger partial charge on any atom is 0.464 e. The van der Waals surface area contributed by atoms with Gasteiger partial charge in [-0.15, -0.1) is 0 Å². The van der Waals surface area contributed by atoms with Gasteiger partial charge in [-0.3, -0.25) is 0 Å². The molecule has 140 valence electrons. The van der Waals surface area contributed by atoms with Crippen LogP contribution in [0.15, 0.2) is 30.3 Å². The fourth-order valence-corrected chi connectivity index (χ4v) is 7.51. The van der Waals surface area contributed by atoms with Crippen molar-refractivity contribution in [2.24, 2.45) is 11.8 Å². The predicted octanol–water partition coefficient (Wildman–Crippen LogP) is 5.32. The van der Waals surface area contributed by atoms with Crippen molar-refractivity contribution in [2.45, 2.75) is 75.3 Å². The average molecular weight is 370 g/mol. The van der Waals surface area contributed by atoms with Gasteiger partial charge in [-0.1, -0.05) is 30.3 Å². The van der Waals surface area contributed by atoms with Crippen molar-refractivity contribution < 1.29 is 9.31 Å². The summed E-state index contributed by atoms with van der Waals surface area (Å²) in [4.78, 5) is 0. The monoisotopic (exact) mass is 370 g/mol. The zero-order valence-electron chi connectivity index (χ0n) is 16.6. The van der Waals surface area contributed by atoms with Crippen LogP contribution in [0.5, 0.6) is 0 Å².